The average Bonchev–Trinajstić information content (AvgIpc) is 3.36. The molecule has 2 N–H and O–H groups in total. The Morgan fingerprint density at radius 2 is 1.97 bits per heavy atom. The molecule has 30 heavy (non-hydrogen) atoms. The van der Waals surface area contributed by atoms with Crippen LogP contribution in [0.3, 0.4) is 0 Å². The van der Waals surface area contributed by atoms with Gasteiger partial charge in [-0.2, -0.15) is 0 Å². The van der Waals surface area contributed by atoms with E-state index < -0.39 is 0 Å². The molecule has 10 heteroatoms. The molecule has 3 aliphatic rings. The smallest absolute Gasteiger partial charge is 0.231 e. The van der Waals surface area contributed by atoms with Crippen molar-refractivity contribution in [1.29, 1.82) is 0 Å². The van der Waals surface area contributed by atoms with Gasteiger partial charge in [0, 0.05) is 15.9 Å². The van der Waals surface area contributed by atoms with Crippen molar-refractivity contribution in [2.75, 3.05) is 12.5 Å². The van der Waals surface area contributed by atoms with E-state index in [1.807, 2.05) is 22.8 Å². The minimum atomic E-state index is -0.227. The van der Waals surface area contributed by atoms with Crippen LogP contribution in [0.2, 0.25) is 0 Å². The normalized spacial score (nSPS) is 12.6. The van der Waals surface area contributed by atoms with E-state index in [2.05, 4.69) is 30.9 Å². The number of hydrogen-bond acceptors (Lipinski definition) is 7. The van der Waals surface area contributed by atoms with Gasteiger partial charge in [-0.25, -0.2) is 19.3 Å². The van der Waals surface area contributed by atoms with E-state index in [9.17, 15) is 4.39 Å². The quantitative estimate of drug-likeness (QED) is 0.446. The number of fused-ring (bicyclic) bond motifs is 2. The Morgan fingerprint density at radius 3 is 2.80 bits per heavy atom. The SMILES string of the molecule is Nc1ncn(CCc2ccccc2F)c2nc(Sc3cc4c(cc3Br)OCO4)nc1-2. The Kier molecular flexibility index (Phi) is 4.95. The first-order chi connectivity index (χ1) is 14.6. The van der Waals surface area contributed by atoms with Gasteiger partial charge in [0.2, 0.25) is 6.79 Å². The van der Waals surface area contributed by atoms with Crippen molar-refractivity contribution in [1.82, 2.24) is 19.5 Å². The number of hydrogen-bond donors (Lipinski definition) is 1. The molecule has 0 amide bonds. The van der Waals surface area contributed by atoms with Crippen molar-refractivity contribution < 1.29 is 13.9 Å². The van der Waals surface area contributed by atoms with Gasteiger partial charge in [0.1, 0.15) is 5.82 Å². The molecule has 0 fully saturated rings. The summed E-state index contributed by atoms with van der Waals surface area (Å²) < 4.78 is 27.5. The predicted molar refractivity (Wildman–Crippen MR) is 113 cm³/mol. The first-order valence-electron chi connectivity index (χ1n) is 9.07. The highest BCUT2D eigenvalue weighted by Gasteiger charge is 2.22. The highest BCUT2D eigenvalue weighted by atomic mass is 79.9. The van der Waals surface area contributed by atoms with Crippen LogP contribution in [0.4, 0.5) is 10.2 Å². The lowest BCUT2D eigenvalue weighted by Gasteiger charge is -2.11. The van der Waals surface area contributed by atoms with Crippen molar-refractivity contribution in [2.45, 2.75) is 23.0 Å². The summed E-state index contributed by atoms with van der Waals surface area (Å²) >= 11 is 4.93. The van der Waals surface area contributed by atoms with Gasteiger partial charge >= 0.3 is 0 Å². The second-order valence-electron chi connectivity index (χ2n) is 6.58. The lowest BCUT2D eigenvalue weighted by molar-refractivity contribution is 0.174. The van der Waals surface area contributed by atoms with Gasteiger partial charge < -0.3 is 19.8 Å². The largest absolute Gasteiger partial charge is 0.454 e. The summed E-state index contributed by atoms with van der Waals surface area (Å²) in [4.78, 5) is 14.3. The second-order valence-corrected chi connectivity index (χ2v) is 8.44. The van der Waals surface area contributed by atoms with Crippen molar-refractivity contribution in [3.8, 4) is 23.0 Å². The van der Waals surface area contributed by atoms with Gasteiger partial charge in [-0.1, -0.05) is 18.2 Å². The Bertz CT molecular complexity index is 1220. The number of nitrogen functional groups attached to an aromatic ring is 1. The Balaban J connectivity index is 1.44. The zero-order valence-corrected chi connectivity index (χ0v) is 17.9. The number of halogens is 2. The van der Waals surface area contributed by atoms with Crippen LogP contribution in [0.25, 0.3) is 11.5 Å². The zero-order chi connectivity index (χ0) is 20.7. The molecule has 3 heterocycles. The van der Waals surface area contributed by atoms with Crippen LogP contribution in [0.15, 0.2) is 57.3 Å². The number of imidazole rings is 1. The Labute approximate surface area is 183 Å². The third kappa shape index (κ3) is 3.56. The fourth-order valence-corrected chi connectivity index (χ4v) is 4.51. The number of nitrogens with two attached hydrogens (primary N) is 1. The Hall–Kier alpha value is -2.85. The highest BCUT2D eigenvalue weighted by Crippen LogP contribution is 2.43. The van der Waals surface area contributed by atoms with Crippen molar-refractivity contribution in [2.24, 2.45) is 0 Å². The van der Waals surface area contributed by atoms with E-state index in [0.717, 1.165) is 9.37 Å². The lowest BCUT2D eigenvalue weighted by Crippen LogP contribution is -2.10. The summed E-state index contributed by atoms with van der Waals surface area (Å²) in [5.41, 5.74) is 7.18. The molecule has 0 atom stereocenters. The standard InChI is InChI=1S/C20H15BrFN5O2S/c21-12-7-14-15(29-10-28-14)8-16(12)30-20-25-17-18(23)24-9-27(19(17)26-20)6-5-11-3-1-2-4-13(11)22/h1-4,7-9H,5-6,10,23H2. The molecule has 2 aromatic rings. The van der Waals surface area contributed by atoms with Gasteiger partial charge in [0.15, 0.2) is 34.0 Å². The molecule has 7 nitrogen and oxygen atoms in total. The van der Waals surface area contributed by atoms with Gasteiger partial charge in [0.05, 0.1) is 6.33 Å². The van der Waals surface area contributed by atoms with E-state index >= 15 is 0 Å². The van der Waals surface area contributed by atoms with E-state index in [0.29, 0.717) is 52.5 Å². The molecule has 0 bridgehead atoms. The maximum Gasteiger partial charge on any atom is 0.231 e. The van der Waals surface area contributed by atoms with Crippen LogP contribution in [-0.2, 0) is 13.0 Å². The molecule has 0 aromatic heterocycles. The van der Waals surface area contributed by atoms with Gasteiger partial charge in [0.25, 0.3) is 0 Å². The molecule has 0 spiro atoms. The fraction of sp³-hybridized carbons (Fsp3) is 0.150. The molecule has 5 rings (SSSR count). The first-order valence-corrected chi connectivity index (χ1v) is 10.7. The van der Waals surface area contributed by atoms with Crippen LogP contribution in [0, 0.1) is 5.82 Å². The minimum Gasteiger partial charge on any atom is -0.454 e. The maximum atomic E-state index is 13.9. The second kappa shape index (κ2) is 7.77. The average molecular weight is 488 g/mol. The van der Waals surface area contributed by atoms with E-state index in [1.165, 1.54) is 17.8 Å². The number of aromatic nitrogens is 4. The number of benzene rings is 2. The summed E-state index contributed by atoms with van der Waals surface area (Å²) in [6.07, 6.45) is 2.11. The number of nitrogens with zero attached hydrogens (tertiary/aromatic N) is 4. The van der Waals surface area contributed by atoms with Crippen molar-refractivity contribution >= 4 is 33.5 Å². The molecule has 3 aliphatic heterocycles. The summed E-state index contributed by atoms with van der Waals surface area (Å²) in [6, 6.07) is 10.5. The summed E-state index contributed by atoms with van der Waals surface area (Å²) in [5, 5.41) is 0.531. The molecule has 0 unspecified atom stereocenters. The van der Waals surface area contributed by atoms with Gasteiger partial charge in [-0.05, 0) is 57.9 Å². The number of anilines is 1. The molecule has 2 aromatic carbocycles. The number of aryl methyl sites for hydroxylation is 2. The molecular weight excluding hydrogens is 473 g/mol. The third-order valence-electron chi connectivity index (χ3n) is 4.68. The van der Waals surface area contributed by atoms with E-state index in [-0.39, 0.29) is 12.6 Å². The van der Waals surface area contributed by atoms with Crippen LogP contribution in [-0.4, -0.2) is 26.3 Å². The fourth-order valence-electron chi connectivity index (χ4n) is 3.16. The van der Waals surface area contributed by atoms with Crippen molar-refractivity contribution in [3.63, 3.8) is 0 Å². The first kappa shape index (κ1) is 19.1. The highest BCUT2D eigenvalue weighted by molar-refractivity contribution is 9.10. The summed E-state index contributed by atoms with van der Waals surface area (Å²) in [5.74, 6) is 2.06. The molecule has 152 valence electrons. The predicted octanol–water partition coefficient (Wildman–Crippen LogP) is 4.38. The number of rotatable bonds is 5. The van der Waals surface area contributed by atoms with Gasteiger partial charge in [-0.3, -0.25) is 0 Å². The molecule has 0 saturated heterocycles. The minimum absolute atomic E-state index is 0.205. The number of ether oxygens (including phenoxy) is 2. The van der Waals surface area contributed by atoms with Crippen LogP contribution in [0.1, 0.15) is 5.56 Å². The van der Waals surface area contributed by atoms with E-state index in [4.69, 9.17) is 15.2 Å². The zero-order valence-electron chi connectivity index (χ0n) is 15.5. The van der Waals surface area contributed by atoms with Crippen LogP contribution in [0.5, 0.6) is 11.5 Å². The van der Waals surface area contributed by atoms with Crippen LogP contribution < -0.4 is 15.2 Å². The van der Waals surface area contributed by atoms with Crippen molar-refractivity contribution in [3.05, 3.63) is 58.6 Å². The van der Waals surface area contributed by atoms with Crippen LogP contribution >= 0.6 is 27.7 Å². The summed E-state index contributed by atoms with van der Waals surface area (Å²) in [7, 11) is 0. The Morgan fingerprint density at radius 1 is 1.17 bits per heavy atom. The third-order valence-corrected chi connectivity index (χ3v) is 6.52. The monoisotopic (exact) mass is 487 g/mol. The molecular formula is C20H15BrFN5O2S. The molecule has 0 radical (unpaired) electrons. The maximum absolute atomic E-state index is 13.9. The van der Waals surface area contributed by atoms with Gasteiger partial charge in [-0.15, -0.1) is 0 Å². The molecule has 0 saturated carbocycles. The lowest BCUT2D eigenvalue weighted by atomic mass is 10.1. The van der Waals surface area contributed by atoms with E-state index in [1.54, 1.807) is 18.5 Å². The topological polar surface area (TPSA) is 88.1 Å². The molecule has 0 aliphatic carbocycles. The summed E-state index contributed by atoms with van der Waals surface area (Å²) in [6.45, 7) is 0.706.